The van der Waals surface area contributed by atoms with E-state index >= 15 is 0 Å². The van der Waals surface area contributed by atoms with Crippen LogP contribution in [-0.2, 0) is 14.8 Å². The first kappa shape index (κ1) is 20.9. The minimum atomic E-state index is -4.30. The number of carbonyl (C=O) groups excluding carboxylic acids is 1. The van der Waals surface area contributed by atoms with E-state index in [-0.39, 0.29) is 11.5 Å². The van der Waals surface area contributed by atoms with Crippen molar-refractivity contribution in [1.82, 2.24) is 4.31 Å². The Balaban J connectivity index is 2.23. The second kappa shape index (κ2) is 8.55. The number of rotatable bonds is 7. The van der Waals surface area contributed by atoms with E-state index in [2.05, 4.69) is 5.32 Å². The lowest BCUT2D eigenvalue weighted by Gasteiger charge is -2.18. The van der Waals surface area contributed by atoms with Gasteiger partial charge in [-0.15, -0.1) is 0 Å². The van der Waals surface area contributed by atoms with Gasteiger partial charge in [-0.1, -0.05) is 23.7 Å². The first-order chi connectivity index (χ1) is 12.7. The van der Waals surface area contributed by atoms with Crippen LogP contribution in [0, 0.1) is 5.82 Å². The Morgan fingerprint density at radius 1 is 1.19 bits per heavy atom. The molecule has 27 heavy (non-hydrogen) atoms. The highest BCUT2D eigenvalue weighted by Crippen LogP contribution is 2.32. The molecule has 2 aromatic rings. The number of ether oxygens (including phenoxy) is 2. The Morgan fingerprint density at radius 3 is 2.37 bits per heavy atom. The molecule has 0 atom stereocenters. The van der Waals surface area contributed by atoms with Crippen molar-refractivity contribution in [3.05, 3.63) is 47.2 Å². The number of nitrogens with one attached hydrogen (secondary N) is 1. The Hall–Kier alpha value is -2.36. The summed E-state index contributed by atoms with van der Waals surface area (Å²) in [6.45, 7) is -0.540. The van der Waals surface area contributed by atoms with Crippen molar-refractivity contribution in [3.63, 3.8) is 0 Å². The van der Waals surface area contributed by atoms with E-state index in [1.807, 2.05) is 0 Å². The molecule has 2 rings (SSSR count). The van der Waals surface area contributed by atoms with Crippen LogP contribution in [0.3, 0.4) is 0 Å². The number of methoxy groups -OCH3 is 2. The number of halogens is 2. The van der Waals surface area contributed by atoms with Gasteiger partial charge in [-0.05, 0) is 12.1 Å². The van der Waals surface area contributed by atoms with Crippen LogP contribution in [0.1, 0.15) is 0 Å². The molecule has 0 saturated heterocycles. The lowest BCUT2D eigenvalue weighted by molar-refractivity contribution is -0.116. The molecule has 0 aliphatic rings. The zero-order chi connectivity index (χ0) is 20.2. The lowest BCUT2D eigenvalue weighted by atomic mass is 10.3. The molecule has 146 valence electrons. The summed E-state index contributed by atoms with van der Waals surface area (Å²) in [5.74, 6) is -1.56. The summed E-state index contributed by atoms with van der Waals surface area (Å²) in [4.78, 5) is 11.5. The van der Waals surface area contributed by atoms with Gasteiger partial charge in [-0.3, -0.25) is 4.79 Å². The molecule has 0 unspecified atom stereocenters. The Morgan fingerprint density at radius 2 is 1.78 bits per heavy atom. The van der Waals surface area contributed by atoms with Gasteiger partial charge in [0.15, 0.2) is 11.5 Å². The van der Waals surface area contributed by atoms with Crippen LogP contribution in [0.15, 0.2) is 41.3 Å². The fraction of sp³-hybridized carbons (Fsp3) is 0.235. The highest BCUT2D eigenvalue weighted by molar-refractivity contribution is 7.89. The largest absolute Gasteiger partial charge is 0.493 e. The van der Waals surface area contributed by atoms with Crippen LogP contribution in [0.4, 0.5) is 10.1 Å². The molecule has 0 saturated carbocycles. The third-order valence-electron chi connectivity index (χ3n) is 3.64. The van der Waals surface area contributed by atoms with E-state index in [1.165, 1.54) is 14.2 Å². The van der Waals surface area contributed by atoms with Crippen molar-refractivity contribution in [1.29, 1.82) is 0 Å². The minimum absolute atomic E-state index is 0.0476. The summed E-state index contributed by atoms with van der Waals surface area (Å²) in [6.07, 6.45) is 0. The van der Waals surface area contributed by atoms with Crippen LogP contribution >= 0.6 is 11.6 Å². The number of hydrogen-bond donors (Lipinski definition) is 1. The quantitative estimate of drug-likeness (QED) is 0.750. The zero-order valence-electron chi connectivity index (χ0n) is 14.8. The van der Waals surface area contributed by atoms with Crippen molar-refractivity contribution >= 4 is 33.2 Å². The minimum Gasteiger partial charge on any atom is -0.493 e. The third kappa shape index (κ3) is 4.68. The number of hydrogen-bond acceptors (Lipinski definition) is 5. The standard InChI is InChI=1S/C17H18ClFN2O5S/c1-21(10-17(22)20-13-7-5-4-6-11(13)18)27(23,24)16-9-15(26-3)14(25-2)8-12(16)19/h4-9H,10H2,1-3H3,(H,20,22). The highest BCUT2D eigenvalue weighted by atomic mass is 35.5. The SMILES string of the molecule is COc1cc(F)c(S(=O)(=O)N(C)CC(=O)Nc2ccccc2Cl)cc1OC. The van der Waals surface area contributed by atoms with Gasteiger partial charge in [0, 0.05) is 19.2 Å². The maximum atomic E-state index is 14.3. The number of benzene rings is 2. The molecule has 0 aromatic heterocycles. The highest BCUT2D eigenvalue weighted by Gasteiger charge is 2.28. The third-order valence-corrected chi connectivity index (χ3v) is 5.79. The first-order valence-corrected chi connectivity index (χ1v) is 9.44. The summed E-state index contributed by atoms with van der Waals surface area (Å²) in [6, 6.07) is 8.42. The fourth-order valence-electron chi connectivity index (χ4n) is 2.24. The maximum absolute atomic E-state index is 14.3. The predicted molar refractivity (Wildman–Crippen MR) is 99.4 cm³/mol. The number of amides is 1. The van der Waals surface area contributed by atoms with Gasteiger partial charge in [0.25, 0.3) is 0 Å². The molecule has 0 fully saturated rings. The van der Waals surface area contributed by atoms with Crippen LogP contribution < -0.4 is 14.8 Å². The number of carbonyl (C=O) groups is 1. The second-order valence-electron chi connectivity index (χ2n) is 5.43. The van der Waals surface area contributed by atoms with Crippen molar-refractivity contribution < 1.29 is 27.1 Å². The van der Waals surface area contributed by atoms with E-state index < -0.39 is 33.2 Å². The number of likely N-dealkylation sites (N-methyl/N-ethyl adjacent to an activating group) is 1. The molecule has 0 aliphatic heterocycles. The number of para-hydroxylation sites is 1. The van der Waals surface area contributed by atoms with Gasteiger partial charge in [0.1, 0.15) is 10.7 Å². The lowest BCUT2D eigenvalue weighted by Crippen LogP contribution is -2.35. The van der Waals surface area contributed by atoms with E-state index in [1.54, 1.807) is 24.3 Å². The van der Waals surface area contributed by atoms with Gasteiger partial charge >= 0.3 is 0 Å². The number of anilines is 1. The first-order valence-electron chi connectivity index (χ1n) is 7.63. The van der Waals surface area contributed by atoms with E-state index in [4.69, 9.17) is 21.1 Å². The molecule has 0 bridgehead atoms. The second-order valence-corrected chi connectivity index (χ2v) is 7.85. The molecule has 0 radical (unpaired) electrons. The van der Waals surface area contributed by atoms with Crippen molar-refractivity contribution in [3.8, 4) is 11.5 Å². The van der Waals surface area contributed by atoms with Crippen molar-refractivity contribution in [2.24, 2.45) is 0 Å². The van der Waals surface area contributed by atoms with E-state index in [9.17, 15) is 17.6 Å². The van der Waals surface area contributed by atoms with Gasteiger partial charge in [0.05, 0.1) is 31.5 Å². The van der Waals surface area contributed by atoms with Crippen LogP contribution in [0.5, 0.6) is 11.5 Å². The van der Waals surface area contributed by atoms with Gasteiger partial charge in [-0.25, -0.2) is 12.8 Å². The average Bonchev–Trinajstić information content (AvgIpc) is 2.62. The maximum Gasteiger partial charge on any atom is 0.246 e. The number of sulfonamides is 1. The summed E-state index contributed by atoms with van der Waals surface area (Å²) in [7, 11) is -0.531. The Kier molecular flexibility index (Phi) is 6.63. The molecule has 0 heterocycles. The molecular weight excluding hydrogens is 399 g/mol. The summed E-state index contributed by atoms with van der Waals surface area (Å²) in [5.41, 5.74) is 0.340. The van der Waals surface area contributed by atoms with Crippen molar-refractivity contribution in [2.75, 3.05) is 33.1 Å². The Labute approximate surface area is 161 Å². The molecule has 0 spiro atoms. The van der Waals surface area contributed by atoms with Crippen LogP contribution in [-0.4, -0.2) is 46.4 Å². The summed E-state index contributed by atoms with van der Waals surface area (Å²) in [5, 5.41) is 2.81. The van der Waals surface area contributed by atoms with Crippen LogP contribution in [0.2, 0.25) is 5.02 Å². The molecule has 7 nitrogen and oxygen atoms in total. The van der Waals surface area contributed by atoms with E-state index in [0.29, 0.717) is 10.7 Å². The molecule has 2 aromatic carbocycles. The van der Waals surface area contributed by atoms with Crippen molar-refractivity contribution in [2.45, 2.75) is 4.90 Å². The summed E-state index contributed by atoms with van der Waals surface area (Å²) >= 11 is 5.95. The van der Waals surface area contributed by atoms with Crippen LogP contribution in [0.25, 0.3) is 0 Å². The smallest absolute Gasteiger partial charge is 0.246 e. The van der Waals surface area contributed by atoms with Gasteiger partial charge < -0.3 is 14.8 Å². The van der Waals surface area contributed by atoms with Gasteiger partial charge in [-0.2, -0.15) is 4.31 Å². The summed E-state index contributed by atoms with van der Waals surface area (Å²) < 4.78 is 50.3. The molecule has 1 amide bonds. The Bertz CT molecular complexity index is 952. The normalized spacial score (nSPS) is 11.3. The van der Waals surface area contributed by atoms with Gasteiger partial charge in [0.2, 0.25) is 15.9 Å². The van der Waals surface area contributed by atoms with E-state index in [0.717, 1.165) is 23.5 Å². The molecule has 1 N–H and O–H groups in total. The topological polar surface area (TPSA) is 84.9 Å². The molecular formula is C17H18ClFN2O5S. The predicted octanol–water partition coefficient (Wildman–Crippen LogP) is 2.76. The monoisotopic (exact) mass is 416 g/mol. The average molecular weight is 417 g/mol. The molecule has 10 heteroatoms. The number of nitrogens with zero attached hydrogens (tertiary/aromatic N) is 1. The fourth-order valence-corrected chi connectivity index (χ4v) is 3.61. The zero-order valence-corrected chi connectivity index (χ0v) is 16.4. The molecule has 0 aliphatic carbocycles.